The molecule has 24 heavy (non-hydrogen) atoms. The second kappa shape index (κ2) is 10.8. The maximum Gasteiger partial charge on any atom is 0.126 e. The molecular formula is C18H28Cl2N2O2. The van der Waals surface area contributed by atoms with Gasteiger partial charge in [0.2, 0.25) is 0 Å². The van der Waals surface area contributed by atoms with Gasteiger partial charge >= 0.3 is 0 Å². The fourth-order valence-corrected chi connectivity index (χ4v) is 3.46. The Morgan fingerprint density at radius 1 is 1.33 bits per heavy atom. The van der Waals surface area contributed by atoms with E-state index in [0.717, 1.165) is 43.5 Å². The SMILES string of the molecule is CCOc1cc(N)c(Cl)cc1C(CCCC=O)N1CCCCC1.Cl. The molecule has 1 aliphatic heterocycles. The number of unbranched alkanes of at least 4 members (excludes halogenated alkanes) is 1. The zero-order valence-electron chi connectivity index (χ0n) is 14.3. The third-order valence-corrected chi connectivity index (χ3v) is 4.75. The molecule has 0 spiro atoms. The highest BCUT2D eigenvalue weighted by atomic mass is 35.5. The molecule has 1 atom stereocenters. The number of likely N-dealkylation sites (tertiary alicyclic amines) is 1. The number of rotatable bonds is 8. The van der Waals surface area contributed by atoms with Crippen LogP contribution in [0.4, 0.5) is 5.69 Å². The normalized spacial score (nSPS) is 16.2. The molecule has 1 unspecified atom stereocenters. The molecule has 136 valence electrons. The zero-order chi connectivity index (χ0) is 16.7. The number of nitrogens with zero attached hydrogens (tertiary/aromatic N) is 1. The largest absolute Gasteiger partial charge is 0.493 e. The van der Waals surface area contributed by atoms with Crippen molar-refractivity contribution in [3.05, 3.63) is 22.7 Å². The lowest BCUT2D eigenvalue weighted by molar-refractivity contribution is -0.108. The molecule has 0 aliphatic carbocycles. The average Bonchev–Trinajstić information content (AvgIpc) is 2.56. The Kier molecular flexibility index (Phi) is 9.49. The van der Waals surface area contributed by atoms with Gasteiger partial charge in [-0.2, -0.15) is 0 Å². The summed E-state index contributed by atoms with van der Waals surface area (Å²) in [5, 5.41) is 0.570. The number of carbonyl (C=O) groups is 1. The molecule has 1 heterocycles. The van der Waals surface area contributed by atoms with Gasteiger partial charge in [-0.1, -0.05) is 18.0 Å². The molecule has 1 saturated heterocycles. The molecule has 1 aliphatic rings. The zero-order valence-corrected chi connectivity index (χ0v) is 15.9. The van der Waals surface area contributed by atoms with Gasteiger partial charge in [-0.25, -0.2) is 0 Å². The minimum absolute atomic E-state index is 0. The molecule has 4 nitrogen and oxygen atoms in total. The van der Waals surface area contributed by atoms with Crippen molar-refractivity contribution in [1.29, 1.82) is 0 Å². The first kappa shape index (κ1) is 21.1. The van der Waals surface area contributed by atoms with Crippen LogP contribution in [0.1, 0.15) is 57.1 Å². The molecule has 6 heteroatoms. The number of hydrogen-bond acceptors (Lipinski definition) is 4. The number of aldehydes is 1. The Balaban J connectivity index is 0.00000288. The fourth-order valence-electron chi connectivity index (χ4n) is 3.28. The van der Waals surface area contributed by atoms with Crippen LogP contribution in [0.15, 0.2) is 12.1 Å². The molecule has 0 bridgehead atoms. The third-order valence-electron chi connectivity index (χ3n) is 4.42. The number of halogens is 2. The van der Waals surface area contributed by atoms with Crippen LogP contribution in [-0.4, -0.2) is 30.9 Å². The van der Waals surface area contributed by atoms with E-state index in [0.29, 0.717) is 23.7 Å². The van der Waals surface area contributed by atoms with E-state index in [1.807, 2.05) is 19.1 Å². The molecule has 0 amide bonds. The molecule has 2 N–H and O–H groups in total. The number of anilines is 1. The van der Waals surface area contributed by atoms with Crippen LogP contribution in [0.5, 0.6) is 5.75 Å². The summed E-state index contributed by atoms with van der Waals surface area (Å²) in [4.78, 5) is 13.2. The second-order valence-electron chi connectivity index (χ2n) is 6.05. The first-order valence-electron chi connectivity index (χ1n) is 8.56. The third kappa shape index (κ3) is 5.54. The van der Waals surface area contributed by atoms with Crippen LogP contribution < -0.4 is 10.5 Å². The Morgan fingerprint density at radius 2 is 2.04 bits per heavy atom. The predicted octanol–water partition coefficient (Wildman–Crippen LogP) is 4.64. The van der Waals surface area contributed by atoms with Gasteiger partial charge < -0.3 is 15.3 Å². The lowest BCUT2D eigenvalue weighted by Crippen LogP contribution is -2.34. The number of benzene rings is 1. The van der Waals surface area contributed by atoms with Gasteiger partial charge in [0.05, 0.1) is 17.3 Å². The number of hydrogen-bond donors (Lipinski definition) is 1. The van der Waals surface area contributed by atoms with Crippen LogP contribution in [0.2, 0.25) is 5.02 Å². The van der Waals surface area contributed by atoms with Gasteiger partial charge in [-0.15, -0.1) is 12.4 Å². The summed E-state index contributed by atoms with van der Waals surface area (Å²) < 4.78 is 5.82. The van der Waals surface area contributed by atoms with Crippen molar-refractivity contribution in [2.75, 3.05) is 25.4 Å². The topological polar surface area (TPSA) is 55.6 Å². The minimum atomic E-state index is 0. The standard InChI is InChI=1S/C18H27ClN2O2.ClH/c1-2-23-18-13-16(20)15(19)12-14(18)17(8-4-7-11-22)21-9-5-3-6-10-21;/h11-13,17H,2-10,20H2,1H3;1H. The molecule has 0 aromatic heterocycles. The quantitative estimate of drug-likeness (QED) is 0.409. The average molecular weight is 375 g/mol. The number of carbonyl (C=O) groups excluding carboxylic acids is 1. The predicted molar refractivity (Wildman–Crippen MR) is 102 cm³/mol. The van der Waals surface area contributed by atoms with E-state index in [9.17, 15) is 4.79 Å². The van der Waals surface area contributed by atoms with Crippen LogP contribution in [0.3, 0.4) is 0 Å². The smallest absolute Gasteiger partial charge is 0.126 e. The first-order chi connectivity index (χ1) is 11.2. The van der Waals surface area contributed by atoms with Gasteiger partial charge in [-0.05, 0) is 51.8 Å². The number of nitrogens with two attached hydrogens (primary N) is 1. The molecule has 0 saturated carbocycles. The summed E-state index contributed by atoms with van der Waals surface area (Å²) in [6, 6.07) is 4.01. The lowest BCUT2D eigenvalue weighted by Gasteiger charge is -2.36. The van der Waals surface area contributed by atoms with Crippen LogP contribution in [0.25, 0.3) is 0 Å². The summed E-state index contributed by atoms with van der Waals surface area (Å²) >= 11 is 6.28. The highest BCUT2D eigenvalue weighted by Gasteiger charge is 2.25. The van der Waals surface area contributed by atoms with Crippen molar-refractivity contribution >= 4 is 36.0 Å². The van der Waals surface area contributed by atoms with Gasteiger partial charge in [0.1, 0.15) is 12.0 Å². The summed E-state index contributed by atoms with van der Waals surface area (Å²) in [6.07, 6.45) is 7.12. The van der Waals surface area contributed by atoms with Crippen molar-refractivity contribution < 1.29 is 9.53 Å². The monoisotopic (exact) mass is 374 g/mol. The molecule has 2 rings (SSSR count). The molecule has 1 aromatic carbocycles. The molecule has 1 aromatic rings. The summed E-state index contributed by atoms with van der Waals surface area (Å²) in [5.41, 5.74) is 7.59. The van der Waals surface area contributed by atoms with E-state index in [1.54, 1.807) is 0 Å². The van der Waals surface area contributed by atoms with Crippen molar-refractivity contribution in [3.63, 3.8) is 0 Å². The van der Waals surface area contributed by atoms with Crippen molar-refractivity contribution in [2.24, 2.45) is 0 Å². The Labute approximate surface area is 156 Å². The highest BCUT2D eigenvalue weighted by Crippen LogP contribution is 2.38. The van der Waals surface area contributed by atoms with Crippen LogP contribution in [-0.2, 0) is 4.79 Å². The van der Waals surface area contributed by atoms with E-state index < -0.39 is 0 Å². The van der Waals surface area contributed by atoms with Gasteiger partial charge in [0, 0.05) is 24.1 Å². The van der Waals surface area contributed by atoms with Crippen LogP contribution in [0, 0.1) is 0 Å². The molecule has 1 fully saturated rings. The number of piperidine rings is 1. The van der Waals surface area contributed by atoms with Crippen molar-refractivity contribution in [3.8, 4) is 5.75 Å². The van der Waals surface area contributed by atoms with Crippen LogP contribution >= 0.6 is 24.0 Å². The number of ether oxygens (including phenoxy) is 1. The summed E-state index contributed by atoms with van der Waals surface area (Å²) in [7, 11) is 0. The minimum Gasteiger partial charge on any atom is -0.493 e. The molecule has 0 radical (unpaired) electrons. The second-order valence-corrected chi connectivity index (χ2v) is 6.46. The van der Waals surface area contributed by atoms with Gasteiger partial charge in [0.25, 0.3) is 0 Å². The van der Waals surface area contributed by atoms with Gasteiger partial charge in [0.15, 0.2) is 0 Å². The van der Waals surface area contributed by atoms with E-state index >= 15 is 0 Å². The number of nitrogen functional groups attached to an aromatic ring is 1. The fraction of sp³-hybridized carbons (Fsp3) is 0.611. The highest BCUT2D eigenvalue weighted by molar-refractivity contribution is 6.33. The van der Waals surface area contributed by atoms with E-state index in [4.69, 9.17) is 22.1 Å². The lowest BCUT2D eigenvalue weighted by atomic mass is 9.95. The van der Waals surface area contributed by atoms with Crippen molar-refractivity contribution in [2.45, 2.75) is 51.5 Å². The summed E-state index contributed by atoms with van der Waals surface area (Å²) in [6.45, 7) is 4.73. The van der Waals surface area contributed by atoms with E-state index in [1.165, 1.54) is 19.3 Å². The maximum atomic E-state index is 10.7. The molecular weight excluding hydrogens is 347 g/mol. The Morgan fingerprint density at radius 3 is 2.67 bits per heavy atom. The van der Waals surface area contributed by atoms with E-state index in [2.05, 4.69) is 4.90 Å². The van der Waals surface area contributed by atoms with Crippen molar-refractivity contribution in [1.82, 2.24) is 4.90 Å². The first-order valence-corrected chi connectivity index (χ1v) is 8.94. The summed E-state index contributed by atoms with van der Waals surface area (Å²) in [5.74, 6) is 0.816. The Bertz CT molecular complexity index is 520. The van der Waals surface area contributed by atoms with E-state index in [-0.39, 0.29) is 18.4 Å². The maximum absolute atomic E-state index is 10.7. The van der Waals surface area contributed by atoms with Gasteiger partial charge in [-0.3, -0.25) is 4.90 Å². The Hall–Kier alpha value is -0.970.